The summed E-state index contributed by atoms with van der Waals surface area (Å²) in [5.41, 5.74) is 33.6. The zero-order valence-corrected chi connectivity index (χ0v) is 53.6. The maximum atomic E-state index is 14.4. The Kier molecular flexibility index (Phi) is 29.1. The van der Waals surface area contributed by atoms with Gasteiger partial charge in [-0.05, 0) is 137 Å². The maximum Gasteiger partial charge on any atom is 0.258 e. The third-order valence-electron chi connectivity index (χ3n) is 14.8. The second kappa shape index (κ2) is 37.1. The first kappa shape index (κ1) is 75.1. The number of hydrogen-bond acceptors (Lipinski definition) is 18. The van der Waals surface area contributed by atoms with Crippen molar-refractivity contribution >= 4 is 99.8 Å². The molecule has 1 saturated heterocycles. The largest absolute Gasteiger partial charge is 0.496 e. The van der Waals surface area contributed by atoms with Crippen LogP contribution in [0.15, 0.2) is 72.8 Å². The molecule has 1 unspecified atom stereocenters. The molecule has 0 spiro atoms. The van der Waals surface area contributed by atoms with Gasteiger partial charge in [-0.15, -0.1) is 0 Å². The number of likely N-dealkylation sites (tertiary alicyclic amines) is 1. The van der Waals surface area contributed by atoms with E-state index in [9.17, 15) is 43.2 Å². The molecule has 1 heterocycles. The first-order valence-corrected chi connectivity index (χ1v) is 30.3. The zero-order valence-electron chi connectivity index (χ0n) is 53.6. The quantitative estimate of drug-likeness (QED) is 0.0153. The average Bonchev–Trinajstić information content (AvgIpc) is 1.29. The summed E-state index contributed by atoms with van der Waals surface area (Å²) in [7, 11) is 5.27. The van der Waals surface area contributed by atoms with E-state index in [1.165, 1.54) is 106 Å². The summed E-state index contributed by atoms with van der Waals surface area (Å²) in [4.78, 5) is 126. The van der Waals surface area contributed by atoms with Crippen LogP contribution in [0.3, 0.4) is 0 Å². The smallest absolute Gasteiger partial charge is 0.258 e. The molecule has 27 N–H and O–H groups in total. The number of carbonyl (C=O) groups is 9. The van der Waals surface area contributed by atoms with Gasteiger partial charge in [-0.1, -0.05) is 0 Å². The summed E-state index contributed by atoms with van der Waals surface area (Å²) in [6.45, 7) is 0.969. The highest BCUT2D eigenvalue weighted by Crippen LogP contribution is 2.30. The summed E-state index contributed by atoms with van der Waals surface area (Å²) in [5.74, 6) is -7.43. The minimum absolute atomic E-state index is 0.00879. The molecule has 0 radical (unpaired) electrons. The van der Waals surface area contributed by atoms with Crippen LogP contribution in [0.2, 0.25) is 0 Å². The van der Waals surface area contributed by atoms with Gasteiger partial charge in [0.05, 0.1) is 56.7 Å². The van der Waals surface area contributed by atoms with Crippen molar-refractivity contribution in [3.8, 4) is 23.0 Å². The van der Waals surface area contributed by atoms with Crippen molar-refractivity contribution in [1.29, 1.82) is 21.6 Å². The van der Waals surface area contributed by atoms with Crippen molar-refractivity contribution in [2.24, 2.45) is 34.4 Å². The van der Waals surface area contributed by atoms with Gasteiger partial charge in [0, 0.05) is 55.5 Å². The first-order valence-electron chi connectivity index (χ1n) is 30.3. The van der Waals surface area contributed by atoms with Crippen molar-refractivity contribution in [2.75, 3.05) is 82.4 Å². The van der Waals surface area contributed by atoms with Crippen molar-refractivity contribution in [3.63, 3.8) is 0 Å². The second-order valence-corrected chi connectivity index (χ2v) is 21.8. The molecule has 0 saturated carbocycles. The number of amides is 9. The van der Waals surface area contributed by atoms with E-state index in [1.807, 2.05) is 0 Å². The van der Waals surface area contributed by atoms with Gasteiger partial charge in [0.25, 0.3) is 23.6 Å². The van der Waals surface area contributed by atoms with Crippen LogP contribution in [-0.2, 0) is 24.0 Å². The Morgan fingerprint density at radius 2 is 0.740 bits per heavy atom. The molecule has 5 rings (SSSR count). The molecule has 35 nitrogen and oxygen atoms in total. The molecule has 1 aliphatic heterocycles. The third-order valence-corrected chi connectivity index (χ3v) is 14.8. The predicted octanol–water partition coefficient (Wildman–Crippen LogP) is -0.659. The van der Waals surface area contributed by atoms with Crippen molar-refractivity contribution in [2.45, 2.75) is 94.4 Å². The lowest BCUT2D eigenvalue weighted by Crippen LogP contribution is -2.45. The van der Waals surface area contributed by atoms with Crippen LogP contribution in [-0.4, -0.2) is 173 Å². The fourth-order valence-corrected chi connectivity index (χ4v) is 10.0. The van der Waals surface area contributed by atoms with Crippen molar-refractivity contribution in [3.05, 3.63) is 95.1 Å². The highest BCUT2D eigenvalue weighted by molar-refractivity contribution is 6.08. The number of carbonyl (C=O) groups excluding carboxylic acids is 9. The number of methoxy groups -OCH3 is 4. The van der Waals surface area contributed by atoms with E-state index in [-0.39, 0.29) is 163 Å². The average molecular weight is 1340 g/mol. The molecule has 1 aliphatic rings. The number of hydrogen-bond donors (Lipinski definition) is 21. The van der Waals surface area contributed by atoms with Gasteiger partial charge in [-0.25, -0.2) is 0 Å². The number of anilines is 4. The molecule has 1 fully saturated rings. The monoisotopic (exact) mass is 1330 g/mol. The summed E-state index contributed by atoms with van der Waals surface area (Å²) in [6.07, 6.45) is 2.11. The molecule has 0 aromatic heterocycles. The molecule has 9 amide bonds. The number of ether oxygens (including phenoxy) is 4. The van der Waals surface area contributed by atoms with Crippen molar-refractivity contribution < 1.29 is 62.1 Å². The highest BCUT2D eigenvalue weighted by Gasteiger charge is 2.35. The Hall–Kier alpha value is -11.7. The summed E-state index contributed by atoms with van der Waals surface area (Å²) in [6, 6.07) is 11.1. The van der Waals surface area contributed by atoms with Gasteiger partial charge in [-0.2, -0.15) is 0 Å². The van der Waals surface area contributed by atoms with Crippen LogP contribution >= 0.6 is 0 Å². The predicted molar refractivity (Wildman–Crippen MR) is 358 cm³/mol. The number of guanidine groups is 4. The van der Waals surface area contributed by atoms with Crippen LogP contribution < -0.4 is 112 Å². The van der Waals surface area contributed by atoms with Crippen LogP contribution in [0.4, 0.5) is 22.7 Å². The van der Waals surface area contributed by atoms with Gasteiger partial charge in [0.1, 0.15) is 47.2 Å². The minimum atomic E-state index is -1.34. The number of nitrogens with two attached hydrogens (primary N) is 6. The van der Waals surface area contributed by atoms with E-state index >= 15 is 0 Å². The lowest BCUT2D eigenvalue weighted by Gasteiger charge is -2.24. The molecule has 5 atom stereocenters. The number of rotatable bonds is 36. The molecule has 96 heavy (non-hydrogen) atoms. The fourth-order valence-electron chi connectivity index (χ4n) is 10.0. The number of primary amides is 1. The Morgan fingerprint density at radius 3 is 1.04 bits per heavy atom. The van der Waals surface area contributed by atoms with Crippen LogP contribution in [0.5, 0.6) is 23.0 Å². The highest BCUT2D eigenvalue weighted by atomic mass is 16.5. The molecule has 0 aliphatic carbocycles. The number of benzene rings is 4. The lowest BCUT2D eigenvalue weighted by molar-refractivity contribution is -0.122. The minimum Gasteiger partial charge on any atom is -0.496 e. The van der Waals surface area contributed by atoms with E-state index in [1.54, 1.807) is 0 Å². The Balaban J connectivity index is 1.37. The Labute approximate surface area is 553 Å². The summed E-state index contributed by atoms with van der Waals surface area (Å²) in [5, 5.41) is 59.7. The molecule has 518 valence electrons. The third kappa shape index (κ3) is 22.9. The van der Waals surface area contributed by atoms with E-state index in [0.29, 0.717) is 25.8 Å². The van der Waals surface area contributed by atoms with E-state index < -0.39 is 83.4 Å². The maximum absolute atomic E-state index is 14.4. The zero-order chi connectivity index (χ0) is 70.6. The topological polar surface area (TPSA) is 578 Å². The van der Waals surface area contributed by atoms with Crippen LogP contribution in [0, 0.1) is 21.6 Å². The van der Waals surface area contributed by atoms with Crippen LogP contribution in [0.25, 0.3) is 0 Å². The lowest BCUT2D eigenvalue weighted by atomic mass is 10.1. The van der Waals surface area contributed by atoms with Gasteiger partial charge >= 0.3 is 0 Å². The molecule has 4 aromatic carbocycles. The number of nitrogens with zero attached hydrogens (tertiary/aromatic N) is 1. The SMILES string of the molecule is COc1ccc(NC(=O)[C@H](CCCNC(=N)N)NC(=O)c2cc(NC(=O)[C@@H](N)CCCNC(=N)N)ccc2OC)cc1C(=O)N[C@@H](CCCNC(=N)N)C(=O)Nc1ccc(OC)c(C(=O)N[C@@H](CCCNC(=N)N)C(=O)Nc2ccc(OC)c(C(=O)N3CCCC3C(N)=O)c2)c1. The number of nitrogens with one attached hydrogen (secondary N) is 15. The molecule has 0 bridgehead atoms. The standard InChI is InChI=1S/C61H86N22O13/c1-93-45-19-15-32(76-53(88)40(62)10-5-23-72-58(64)65)28-36(45)50(85)80-41(11-6-24-73-59(66)67)54(89)77-33-16-20-46(94-2)37(29-33)51(86)81-42(12-7-25-74-60(68)69)55(90)78-34-17-21-47(95-3)38(30-34)52(87)82-43(13-8-26-75-61(70)71)56(91)79-35-18-22-48(96-4)39(31-35)57(92)83-27-9-14-44(83)49(63)84/h15-22,28-31,40-44H,5-14,23-27,62H2,1-4H3,(H2,63,84)(H,76,88)(H,77,89)(H,78,90)(H,79,91)(H,80,85)(H,81,86)(H,82,87)(H4,64,65,72)(H4,66,67,73)(H4,68,69,74)(H4,70,71,75)/t40-,41-,42-,43-,44?/m0/s1. The van der Waals surface area contributed by atoms with E-state index in [4.69, 9.17) is 75.0 Å². The van der Waals surface area contributed by atoms with Gasteiger partial charge in [0.15, 0.2) is 23.8 Å². The fraction of sp³-hybridized carbons (Fsp3) is 0.393. The summed E-state index contributed by atoms with van der Waals surface area (Å²) >= 11 is 0. The Bertz CT molecular complexity index is 3520. The van der Waals surface area contributed by atoms with Gasteiger partial charge in [0.2, 0.25) is 29.5 Å². The first-order chi connectivity index (χ1) is 45.8. The van der Waals surface area contributed by atoms with E-state index in [2.05, 4.69) is 58.5 Å². The normalized spacial score (nSPS) is 13.5. The molecular weight excluding hydrogens is 1250 g/mol. The second-order valence-electron chi connectivity index (χ2n) is 21.8. The van der Waals surface area contributed by atoms with Gasteiger partial charge < -0.3 is 117 Å². The van der Waals surface area contributed by atoms with Gasteiger partial charge in [-0.3, -0.25) is 64.8 Å². The van der Waals surface area contributed by atoms with Crippen molar-refractivity contribution in [1.82, 2.24) is 42.1 Å². The summed E-state index contributed by atoms with van der Waals surface area (Å²) < 4.78 is 22.0. The molecule has 35 heteroatoms. The Morgan fingerprint density at radius 1 is 0.448 bits per heavy atom. The molecular formula is C61H86N22O13. The molecule has 4 aromatic rings. The van der Waals surface area contributed by atoms with Crippen LogP contribution in [0.1, 0.15) is 106 Å². The van der Waals surface area contributed by atoms with E-state index in [0.717, 1.165) is 0 Å².